The summed E-state index contributed by atoms with van der Waals surface area (Å²) < 4.78 is 7.26. The highest BCUT2D eigenvalue weighted by atomic mass is 35.5. The summed E-state index contributed by atoms with van der Waals surface area (Å²) in [5, 5.41) is 10.1. The maximum atomic E-state index is 14.1. The van der Waals surface area contributed by atoms with Gasteiger partial charge in [-0.25, -0.2) is 9.48 Å². The Kier molecular flexibility index (Phi) is 8.55. The number of rotatable bonds is 4. The molecule has 0 saturated carbocycles. The van der Waals surface area contributed by atoms with Gasteiger partial charge in [-0.2, -0.15) is 0 Å². The lowest BCUT2D eigenvalue weighted by molar-refractivity contribution is 0.000659. The number of piperazine rings is 1. The van der Waals surface area contributed by atoms with Crippen molar-refractivity contribution in [2.75, 3.05) is 32.7 Å². The van der Waals surface area contributed by atoms with Gasteiger partial charge >= 0.3 is 6.09 Å². The maximum absolute atomic E-state index is 14.1. The van der Waals surface area contributed by atoms with Crippen molar-refractivity contribution in [3.8, 4) is 5.69 Å². The second kappa shape index (κ2) is 11.7. The van der Waals surface area contributed by atoms with Crippen molar-refractivity contribution in [3.63, 3.8) is 0 Å². The molecule has 1 saturated heterocycles. The first kappa shape index (κ1) is 31.3. The third-order valence-corrected chi connectivity index (χ3v) is 9.18. The van der Waals surface area contributed by atoms with Crippen LogP contribution in [0, 0.1) is 6.92 Å². The van der Waals surface area contributed by atoms with E-state index in [9.17, 15) is 9.59 Å². The quantitative estimate of drug-likeness (QED) is 0.332. The van der Waals surface area contributed by atoms with Crippen LogP contribution in [0.3, 0.4) is 0 Å². The lowest BCUT2D eigenvalue weighted by Crippen LogP contribution is -2.55. The molecule has 5 rings (SSSR count). The van der Waals surface area contributed by atoms with Gasteiger partial charge in [0.25, 0.3) is 5.91 Å². The number of amides is 2. The molecule has 0 bridgehead atoms. The number of aryl methyl sites for hydroxylation is 1. The first-order valence-corrected chi connectivity index (χ1v) is 15.5. The van der Waals surface area contributed by atoms with Crippen LogP contribution in [0.4, 0.5) is 4.79 Å². The molecule has 0 N–H and O–H groups in total. The minimum Gasteiger partial charge on any atom is -0.444 e. The van der Waals surface area contributed by atoms with Crippen LogP contribution in [-0.4, -0.2) is 80.0 Å². The lowest BCUT2D eigenvalue weighted by atomic mass is 9.92. The highest BCUT2D eigenvalue weighted by Crippen LogP contribution is 2.36. The van der Waals surface area contributed by atoms with Crippen molar-refractivity contribution in [3.05, 3.63) is 74.5 Å². The maximum Gasteiger partial charge on any atom is 0.410 e. The molecule has 1 atom stereocenters. The fraction of sp³-hybridized carbons (Fsp3) is 0.500. The summed E-state index contributed by atoms with van der Waals surface area (Å²) in [6.45, 7) is 16.9. The SMILES string of the molecule is Cc1ccc(C(=O)N2CCc3cc(Cl)c(Cl)cc3C2C)c(-n2cc(C(C)(C)N3CCN(C(=O)OC(C)(C)C)CC3)nn2)c1. The standard InChI is InChI=1S/C32H40Cl2N6O3/c1-20-8-9-23(29(41)39-11-10-22-17-25(33)26(34)18-24(22)21(39)2)27(16-20)40-19-28(35-36-40)32(6,7)38-14-12-37(13-15-38)30(42)43-31(3,4)5/h8-9,16-19,21H,10-15H2,1-7H3. The Morgan fingerprint density at radius 2 is 1.63 bits per heavy atom. The molecule has 11 heteroatoms. The van der Waals surface area contributed by atoms with Gasteiger partial charge in [0.05, 0.1) is 39.1 Å². The number of nitrogens with zero attached hydrogens (tertiary/aromatic N) is 6. The molecule has 1 fully saturated rings. The number of benzene rings is 2. The molecule has 2 aliphatic heterocycles. The Bertz CT molecular complexity index is 1540. The summed E-state index contributed by atoms with van der Waals surface area (Å²) in [5.41, 5.74) is 4.19. The minimum absolute atomic E-state index is 0.0752. The summed E-state index contributed by atoms with van der Waals surface area (Å²) in [6.07, 6.45) is 2.32. The summed E-state index contributed by atoms with van der Waals surface area (Å²) in [7, 11) is 0. The van der Waals surface area contributed by atoms with E-state index in [0.717, 1.165) is 22.4 Å². The molecule has 0 radical (unpaired) electrons. The molecule has 3 aromatic rings. The molecule has 2 aliphatic rings. The smallest absolute Gasteiger partial charge is 0.410 e. The molecule has 1 aromatic heterocycles. The van der Waals surface area contributed by atoms with Crippen LogP contribution in [0.5, 0.6) is 0 Å². The summed E-state index contributed by atoms with van der Waals surface area (Å²) in [5.74, 6) is -0.0752. The van der Waals surface area contributed by atoms with Crippen LogP contribution >= 0.6 is 23.2 Å². The average molecular weight is 628 g/mol. The molecule has 2 aromatic carbocycles. The fourth-order valence-corrected chi connectivity index (χ4v) is 6.21. The van der Waals surface area contributed by atoms with E-state index in [4.69, 9.17) is 27.9 Å². The Balaban J connectivity index is 1.36. The minimum atomic E-state index is -0.527. The zero-order chi connectivity index (χ0) is 31.3. The average Bonchev–Trinajstić information content (AvgIpc) is 3.45. The van der Waals surface area contributed by atoms with Gasteiger partial charge in [0.1, 0.15) is 11.3 Å². The zero-order valence-electron chi connectivity index (χ0n) is 25.9. The third-order valence-electron chi connectivity index (χ3n) is 8.46. The number of aromatic nitrogens is 3. The number of carbonyl (C=O) groups is 2. The van der Waals surface area contributed by atoms with E-state index in [0.29, 0.717) is 60.4 Å². The Morgan fingerprint density at radius 3 is 2.30 bits per heavy atom. The fourth-order valence-electron chi connectivity index (χ4n) is 5.85. The number of halogens is 2. The van der Waals surface area contributed by atoms with Gasteiger partial charge in [-0.3, -0.25) is 9.69 Å². The Labute approximate surface area is 263 Å². The van der Waals surface area contributed by atoms with Gasteiger partial charge in [0.15, 0.2) is 0 Å². The van der Waals surface area contributed by atoms with Crippen molar-refractivity contribution in [1.29, 1.82) is 0 Å². The molecule has 9 nitrogen and oxygen atoms in total. The first-order valence-electron chi connectivity index (χ1n) is 14.7. The molecule has 0 aliphatic carbocycles. The highest BCUT2D eigenvalue weighted by Gasteiger charge is 2.36. The van der Waals surface area contributed by atoms with Gasteiger partial charge < -0.3 is 14.5 Å². The van der Waals surface area contributed by atoms with Crippen LogP contribution in [0.1, 0.15) is 80.3 Å². The summed E-state index contributed by atoms with van der Waals surface area (Å²) in [6, 6.07) is 9.40. The van der Waals surface area contributed by atoms with Gasteiger partial charge in [-0.15, -0.1) is 5.10 Å². The second-order valence-electron chi connectivity index (χ2n) is 13.0. The molecular formula is C32H40Cl2N6O3. The van der Waals surface area contributed by atoms with Gasteiger partial charge in [-0.05, 0) is 95.8 Å². The molecular weight excluding hydrogens is 587 g/mol. The number of hydrogen-bond acceptors (Lipinski definition) is 6. The predicted molar refractivity (Wildman–Crippen MR) is 168 cm³/mol. The van der Waals surface area contributed by atoms with Gasteiger partial charge in [0.2, 0.25) is 0 Å². The number of hydrogen-bond donors (Lipinski definition) is 0. The van der Waals surface area contributed by atoms with Crippen molar-refractivity contribution in [2.24, 2.45) is 0 Å². The van der Waals surface area contributed by atoms with Crippen LogP contribution in [0.25, 0.3) is 5.69 Å². The summed E-state index contributed by atoms with van der Waals surface area (Å²) >= 11 is 12.6. The van der Waals surface area contributed by atoms with Crippen LogP contribution in [0.2, 0.25) is 10.0 Å². The summed E-state index contributed by atoms with van der Waals surface area (Å²) in [4.78, 5) is 32.5. The van der Waals surface area contributed by atoms with E-state index in [1.807, 2.05) is 76.0 Å². The first-order chi connectivity index (χ1) is 20.2. The normalized spacial score (nSPS) is 18.0. The van der Waals surface area contributed by atoms with E-state index in [1.54, 1.807) is 9.58 Å². The second-order valence-corrected chi connectivity index (χ2v) is 13.8. The number of fused-ring (bicyclic) bond motifs is 1. The highest BCUT2D eigenvalue weighted by molar-refractivity contribution is 6.42. The lowest BCUT2D eigenvalue weighted by Gasteiger charge is -2.43. The van der Waals surface area contributed by atoms with Crippen molar-refractivity contribution in [1.82, 2.24) is 29.7 Å². The largest absolute Gasteiger partial charge is 0.444 e. The van der Waals surface area contributed by atoms with E-state index < -0.39 is 11.1 Å². The van der Waals surface area contributed by atoms with E-state index >= 15 is 0 Å². The van der Waals surface area contributed by atoms with E-state index in [1.165, 1.54) is 0 Å². The van der Waals surface area contributed by atoms with E-state index in [2.05, 4.69) is 29.1 Å². The zero-order valence-corrected chi connectivity index (χ0v) is 27.5. The Hall–Kier alpha value is -3.14. The van der Waals surface area contributed by atoms with Crippen LogP contribution in [-0.2, 0) is 16.7 Å². The van der Waals surface area contributed by atoms with Crippen molar-refractivity contribution >= 4 is 35.2 Å². The monoisotopic (exact) mass is 626 g/mol. The molecule has 43 heavy (non-hydrogen) atoms. The molecule has 0 spiro atoms. The topological polar surface area (TPSA) is 83.8 Å². The predicted octanol–water partition coefficient (Wildman–Crippen LogP) is 6.43. The van der Waals surface area contributed by atoms with Crippen LogP contribution in [0.15, 0.2) is 36.5 Å². The van der Waals surface area contributed by atoms with Crippen LogP contribution < -0.4 is 0 Å². The molecule has 230 valence electrons. The van der Waals surface area contributed by atoms with Crippen molar-refractivity contribution in [2.45, 2.75) is 72.1 Å². The Morgan fingerprint density at radius 1 is 0.953 bits per heavy atom. The van der Waals surface area contributed by atoms with Crippen molar-refractivity contribution < 1.29 is 14.3 Å². The molecule has 1 unspecified atom stereocenters. The molecule has 3 heterocycles. The van der Waals surface area contributed by atoms with Gasteiger partial charge in [-0.1, -0.05) is 34.5 Å². The number of carbonyl (C=O) groups excluding carboxylic acids is 2. The third kappa shape index (κ3) is 6.40. The number of ether oxygens (including phenoxy) is 1. The van der Waals surface area contributed by atoms with E-state index in [-0.39, 0.29) is 18.0 Å². The van der Waals surface area contributed by atoms with Gasteiger partial charge in [0, 0.05) is 32.7 Å². The molecule has 2 amide bonds.